The minimum absolute atomic E-state index is 0.0573. The van der Waals surface area contributed by atoms with Crippen LogP contribution in [0.25, 0.3) is 5.69 Å². The lowest BCUT2D eigenvalue weighted by Crippen LogP contribution is -2.44. The summed E-state index contributed by atoms with van der Waals surface area (Å²) in [5, 5.41) is 12.6. The van der Waals surface area contributed by atoms with Gasteiger partial charge >= 0.3 is 0 Å². The van der Waals surface area contributed by atoms with Crippen LogP contribution in [-0.2, 0) is 26.5 Å². The van der Waals surface area contributed by atoms with Gasteiger partial charge in [-0.05, 0) is 49.0 Å². The van der Waals surface area contributed by atoms with Crippen molar-refractivity contribution in [2.45, 2.75) is 50.2 Å². The fourth-order valence-electron chi connectivity index (χ4n) is 6.59. The van der Waals surface area contributed by atoms with Crippen molar-refractivity contribution in [3.8, 4) is 11.4 Å². The lowest BCUT2D eigenvalue weighted by molar-refractivity contribution is -0.148. The number of anilines is 1. The maximum atomic E-state index is 13.7. The van der Waals surface area contributed by atoms with Crippen LogP contribution in [0.2, 0.25) is 18.6 Å². The van der Waals surface area contributed by atoms with Gasteiger partial charge in [0.15, 0.2) is 19.7 Å². The summed E-state index contributed by atoms with van der Waals surface area (Å²) in [6, 6.07) is 18.0. The number of nitrogens with zero attached hydrogens (tertiary/aromatic N) is 2. The molecular formula is C31H37N3O7Si. The Kier molecular flexibility index (Phi) is 8.12. The molecule has 1 saturated heterocycles. The molecule has 3 aromatic rings. The first-order valence-electron chi connectivity index (χ1n) is 14.1. The molecule has 11 heteroatoms. The predicted molar refractivity (Wildman–Crippen MR) is 160 cm³/mol. The van der Waals surface area contributed by atoms with E-state index >= 15 is 0 Å². The summed E-state index contributed by atoms with van der Waals surface area (Å²) in [5.41, 5.74) is 0.306. The van der Waals surface area contributed by atoms with Crippen molar-refractivity contribution in [3.05, 3.63) is 88.3 Å². The Morgan fingerprint density at radius 3 is 2.55 bits per heavy atom. The summed E-state index contributed by atoms with van der Waals surface area (Å²) in [7, 11) is -1.56. The number of rotatable bonds is 9. The molecule has 1 aromatic heterocycles. The first-order valence-corrected chi connectivity index (χ1v) is 17.1. The number of amides is 2. The summed E-state index contributed by atoms with van der Waals surface area (Å²) in [5.74, 6) is -0.890. The summed E-state index contributed by atoms with van der Waals surface area (Å²) in [6.07, 6.45) is 0.827. The Hall–Kier alpha value is -3.77. The first-order chi connectivity index (χ1) is 20.0. The molecule has 0 aliphatic carbocycles. The number of hydrogen-bond acceptors (Lipinski definition) is 7. The van der Waals surface area contributed by atoms with Crippen molar-refractivity contribution in [2.75, 3.05) is 25.6 Å². The monoisotopic (exact) mass is 591 g/mol. The molecule has 1 spiro atoms. The number of carbonyl (C=O) groups is 2. The van der Waals surface area contributed by atoms with Crippen LogP contribution in [0, 0.1) is 5.92 Å². The molecule has 1 fully saturated rings. The molecule has 4 atom stereocenters. The molecule has 0 bridgehead atoms. The van der Waals surface area contributed by atoms with Crippen LogP contribution in [0.4, 0.5) is 5.69 Å². The van der Waals surface area contributed by atoms with E-state index in [1.165, 1.54) is 11.7 Å². The maximum absolute atomic E-state index is 13.7. The van der Waals surface area contributed by atoms with E-state index in [0.29, 0.717) is 23.5 Å². The molecule has 0 saturated carbocycles. The van der Waals surface area contributed by atoms with Crippen molar-refractivity contribution >= 4 is 25.8 Å². The molecule has 0 unspecified atom stereocenters. The van der Waals surface area contributed by atoms with Gasteiger partial charge < -0.3 is 29.6 Å². The lowest BCUT2D eigenvalue weighted by Gasteiger charge is -2.32. The number of pyridine rings is 1. The zero-order valence-corrected chi connectivity index (χ0v) is 25.2. The van der Waals surface area contributed by atoms with E-state index < -0.39 is 31.5 Å². The number of hydrogen-bond donors (Lipinski definition) is 3. The van der Waals surface area contributed by atoms with Crippen LogP contribution >= 0.6 is 0 Å². The fourth-order valence-corrected chi connectivity index (χ4v) is 9.14. The molecular weight excluding hydrogens is 554 g/mol. The van der Waals surface area contributed by atoms with Gasteiger partial charge in [-0.3, -0.25) is 19.0 Å². The van der Waals surface area contributed by atoms with Gasteiger partial charge in [0, 0.05) is 47.7 Å². The first kappa shape index (κ1) is 29.7. The highest BCUT2D eigenvalue weighted by atomic mass is 28.4. The Morgan fingerprint density at radius 1 is 1.14 bits per heavy atom. The van der Waals surface area contributed by atoms with Crippen LogP contribution in [0.1, 0.15) is 24.5 Å². The quantitative estimate of drug-likeness (QED) is 0.326. The Labute approximate surface area is 245 Å². The maximum Gasteiger partial charge on any atom is 0.297 e. The molecule has 42 heavy (non-hydrogen) atoms. The van der Waals surface area contributed by atoms with E-state index in [2.05, 4.69) is 5.32 Å². The number of aromatic nitrogens is 1. The van der Waals surface area contributed by atoms with Crippen molar-refractivity contribution in [1.29, 1.82) is 0 Å². The number of aliphatic hydroxyl groups excluding tert-OH is 1. The van der Waals surface area contributed by atoms with Gasteiger partial charge in [-0.25, -0.2) is 0 Å². The van der Waals surface area contributed by atoms with E-state index in [4.69, 9.17) is 9.47 Å². The summed E-state index contributed by atoms with van der Waals surface area (Å²) in [6.45, 7) is 5.74. The second-order valence-electron chi connectivity index (χ2n) is 11.5. The predicted octanol–water partition coefficient (Wildman–Crippen LogP) is 3.01. The number of fused-ring (bicyclic) bond motifs is 2. The zero-order valence-electron chi connectivity index (χ0n) is 24.2. The number of ether oxygens (including phenoxy) is 2. The Morgan fingerprint density at radius 2 is 1.88 bits per heavy atom. The standard InChI is InChI=1S/C31H37N3O7Si/c1-20-28(42(3,4)39)26(18-27(36)33(15-16-35)19-21-9-6-5-7-10-21)41-31(20)23-17-22(12-13-24(23)32-30(31)38)34-14-8-11-25(40-2)29(34)37/h5-14,17,20,26,28,35,39H,15-16,18-19H2,1-4H3,(H,32,38)/t20-,26+,28-,31+/m0/s1. The highest BCUT2D eigenvalue weighted by Gasteiger charge is 2.65. The van der Waals surface area contributed by atoms with Gasteiger partial charge in [0.2, 0.25) is 5.91 Å². The van der Waals surface area contributed by atoms with Gasteiger partial charge in [-0.2, -0.15) is 0 Å². The molecule has 2 aliphatic rings. The van der Waals surface area contributed by atoms with Crippen molar-refractivity contribution in [1.82, 2.24) is 9.47 Å². The second kappa shape index (κ2) is 11.5. The molecule has 2 aromatic carbocycles. The number of nitrogens with one attached hydrogen (secondary N) is 1. The zero-order chi connectivity index (χ0) is 30.2. The van der Waals surface area contributed by atoms with Gasteiger partial charge in [-0.15, -0.1) is 0 Å². The highest BCUT2D eigenvalue weighted by Crippen LogP contribution is 2.58. The minimum Gasteiger partial charge on any atom is -0.491 e. The summed E-state index contributed by atoms with van der Waals surface area (Å²) < 4.78 is 13.3. The molecule has 10 nitrogen and oxygen atoms in total. The van der Waals surface area contributed by atoms with Gasteiger partial charge in [0.05, 0.1) is 26.2 Å². The fraction of sp³-hybridized carbons (Fsp3) is 0.387. The van der Waals surface area contributed by atoms with Crippen molar-refractivity contribution in [3.63, 3.8) is 0 Å². The van der Waals surface area contributed by atoms with E-state index in [-0.39, 0.29) is 42.7 Å². The normalized spacial score (nSPS) is 23.1. The summed E-state index contributed by atoms with van der Waals surface area (Å²) in [4.78, 5) is 53.4. The molecule has 222 valence electrons. The third-order valence-corrected chi connectivity index (χ3v) is 11.0. The number of methoxy groups -OCH3 is 1. The molecule has 2 aliphatic heterocycles. The molecule has 3 N–H and O–H groups in total. The van der Waals surface area contributed by atoms with Gasteiger partial charge in [-0.1, -0.05) is 37.3 Å². The van der Waals surface area contributed by atoms with Gasteiger partial charge in [0.25, 0.3) is 11.5 Å². The van der Waals surface area contributed by atoms with Crippen LogP contribution < -0.4 is 15.6 Å². The second-order valence-corrected chi connectivity index (χ2v) is 15.5. The average molecular weight is 592 g/mol. The van der Waals surface area contributed by atoms with E-state index in [1.807, 2.05) is 37.3 Å². The summed E-state index contributed by atoms with van der Waals surface area (Å²) >= 11 is 0. The minimum atomic E-state index is -2.98. The number of benzene rings is 2. The Balaban J connectivity index is 1.52. The smallest absolute Gasteiger partial charge is 0.297 e. The van der Waals surface area contributed by atoms with Crippen LogP contribution in [0.15, 0.2) is 71.7 Å². The SMILES string of the molecule is COc1cccn(-c2ccc3c(c2)[C@@]2(O[C@H](CC(=O)N(CCO)Cc4ccccc4)[C@@H]([Si](C)(C)O)[C@@H]2C)C(=O)N3)c1=O. The van der Waals surface area contributed by atoms with Crippen LogP contribution in [-0.4, -0.2) is 65.9 Å². The third-order valence-electron chi connectivity index (χ3n) is 8.45. The molecule has 0 radical (unpaired) electrons. The Bertz CT molecular complexity index is 1540. The molecule has 2 amide bonds. The highest BCUT2D eigenvalue weighted by molar-refractivity contribution is 6.71. The van der Waals surface area contributed by atoms with Crippen LogP contribution in [0.5, 0.6) is 5.75 Å². The van der Waals surface area contributed by atoms with Crippen molar-refractivity contribution < 1.29 is 29.0 Å². The molecule has 3 heterocycles. The largest absolute Gasteiger partial charge is 0.491 e. The third kappa shape index (κ3) is 5.17. The topological polar surface area (TPSA) is 130 Å². The van der Waals surface area contributed by atoms with E-state index in [9.17, 15) is 24.3 Å². The van der Waals surface area contributed by atoms with Crippen molar-refractivity contribution in [2.24, 2.45) is 5.92 Å². The van der Waals surface area contributed by atoms with Crippen LogP contribution in [0.3, 0.4) is 0 Å². The van der Waals surface area contributed by atoms with Gasteiger partial charge in [0.1, 0.15) is 0 Å². The number of aliphatic hydroxyl groups is 1. The lowest BCUT2D eigenvalue weighted by atomic mass is 9.82. The average Bonchev–Trinajstić information content (AvgIpc) is 3.41. The van der Waals surface area contributed by atoms with E-state index in [1.54, 1.807) is 54.5 Å². The number of carbonyl (C=O) groups excluding carboxylic acids is 2. The molecule has 5 rings (SSSR count). The van der Waals surface area contributed by atoms with E-state index in [0.717, 1.165) is 5.56 Å².